The van der Waals surface area contributed by atoms with E-state index in [-0.39, 0.29) is 22.4 Å². The van der Waals surface area contributed by atoms with E-state index in [0.29, 0.717) is 0 Å². The summed E-state index contributed by atoms with van der Waals surface area (Å²) in [5, 5.41) is 3.11. The van der Waals surface area contributed by atoms with Crippen LogP contribution in [0.25, 0.3) is 0 Å². The van der Waals surface area contributed by atoms with Gasteiger partial charge in [0, 0.05) is 22.4 Å². The normalized spacial score (nSPS) is 7.00. The molecule has 2 heteroatoms. The average Bonchev–Trinajstić information content (AvgIpc) is 1.41. The van der Waals surface area contributed by atoms with E-state index in [2.05, 4.69) is 19.2 Å². The largest absolute Gasteiger partial charge is 0.317 e. The molecule has 37 valence electrons. The van der Waals surface area contributed by atoms with Crippen LogP contribution in [0.5, 0.6) is 0 Å². The molecule has 0 bridgehead atoms. The van der Waals surface area contributed by atoms with Crippen LogP contribution in [0.3, 0.4) is 0 Å². The molecule has 0 amide bonds. The first-order valence-corrected chi connectivity index (χ1v) is 2.12. The van der Waals surface area contributed by atoms with Gasteiger partial charge in [-0.05, 0) is 13.1 Å². The van der Waals surface area contributed by atoms with Gasteiger partial charge in [-0.25, -0.2) is 0 Å². The third kappa shape index (κ3) is 8.83. The summed E-state index contributed by atoms with van der Waals surface area (Å²) in [6.07, 6.45) is 0. The molecule has 0 aliphatic heterocycles. The Balaban J connectivity index is 0. The van der Waals surface area contributed by atoms with Gasteiger partial charge in [0.2, 0.25) is 0 Å². The van der Waals surface area contributed by atoms with Gasteiger partial charge in [0.1, 0.15) is 0 Å². The van der Waals surface area contributed by atoms with Crippen LogP contribution >= 0.6 is 0 Å². The minimum atomic E-state index is 0. The molecule has 0 rings (SSSR count). The molecule has 0 aromatic carbocycles. The van der Waals surface area contributed by atoms with E-state index in [9.17, 15) is 0 Å². The van der Waals surface area contributed by atoms with Crippen LogP contribution in [0.4, 0.5) is 0 Å². The number of hydrogen-bond donors (Lipinski definition) is 1. The van der Waals surface area contributed by atoms with Crippen molar-refractivity contribution in [2.45, 2.75) is 13.8 Å². The molecular formula is C4H11NTa. The number of rotatable bonds is 2. The SMILES string of the molecule is CCNCC.[Ta]. The van der Waals surface area contributed by atoms with Crippen molar-refractivity contribution < 1.29 is 22.4 Å². The molecule has 0 heterocycles. The van der Waals surface area contributed by atoms with Crippen molar-refractivity contribution in [3.63, 3.8) is 0 Å². The van der Waals surface area contributed by atoms with Crippen LogP contribution in [0, 0.1) is 0 Å². The molecule has 0 aromatic heterocycles. The van der Waals surface area contributed by atoms with Gasteiger partial charge in [0.15, 0.2) is 0 Å². The molecule has 0 saturated carbocycles. The standard InChI is InChI=1S/C4H11N.Ta/c1-3-5-4-2;/h5H,3-4H2,1-2H3;. The zero-order chi connectivity index (χ0) is 4.12. The van der Waals surface area contributed by atoms with E-state index in [1.165, 1.54) is 0 Å². The van der Waals surface area contributed by atoms with E-state index in [1.807, 2.05) is 0 Å². The van der Waals surface area contributed by atoms with E-state index < -0.39 is 0 Å². The van der Waals surface area contributed by atoms with Crippen LogP contribution in [-0.4, -0.2) is 13.1 Å². The molecule has 0 aromatic rings. The molecule has 6 heavy (non-hydrogen) atoms. The predicted molar refractivity (Wildman–Crippen MR) is 24.2 cm³/mol. The second-order valence-electron chi connectivity index (χ2n) is 0.957. The van der Waals surface area contributed by atoms with Gasteiger partial charge >= 0.3 is 0 Å². The van der Waals surface area contributed by atoms with Gasteiger partial charge in [-0.3, -0.25) is 0 Å². The second-order valence-corrected chi connectivity index (χ2v) is 0.957. The molecule has 0 aliphatic carbocycles. The van der Waals surface area contributed by atoms with Crippen LogP contribution in [-0.2, 0) is 22.4 Å². The zero-order valence-electron chi connectivity index (χ0n) is 4.36. The molecule has 0 spiro atoms. The Morgan fingerprint density at radius 2 is 1.50 bits per heavy atom. The number of hydrogen-bond acceptors (Lipinski definition) is 1. The van der Waals surface area contributed by atoms with Gasteiger partial charge in [0.05, 0.1) is 0 Å². The Morgan fingerprint density at radius 3 is 1.50 bits per heavy atom. The second kappa shape index (κ2) is 9.20. The summed E-state index contributed by atoms with van der Waals surface area (Å²) in [5.41, 5.74) is 0. The van der Waals surface area contributed by atoms with Gasteiger partial charge in [-0.15, -0.1) is 0 Å². The Hall–Kier alpha value is 0.700. The summed E-state index contributed by atoms with van der Waals surface area (Å²) in [4.78, 5) is 0. The first-order chi connectivity index (χ1) is 2.41. The maximum absolute atomic E-state index is 3.11. The third-order valence-electron chi connectivity index (χ3n) is 0.500. The Morgan fingerprint density at radius 1 is 1.17 bits per heavy atom. The summed E-state index contributed by atoms with van der Waals surface area (Å²) in [6.45, 7) is 6.39. The van der Waals surface area contributed by atoms with Gasteiger partial charge < -0.3 is 5.32 Å². The molecule has 0 atom stereocenters. The predicted octanol–water partition coefficient (Wildman–Crippen LogP) is 0.613. The van der Waals surface area contributed by atoms with Gasteiger partial charge in [-0.2, -0.15) is 0 Å². The first-order valence-electron chi connectivity index (χ1n) is 2.12. The molecule has 1 N–H and O–H groups in total. The molecule has 0 unspecified atom stereocenters. The van der Waals surface area contributed by atoms with E-state index in [0.717, 1.165) is 13.1 Å². The van der Waals surface area contributed by atoms with E-state index in [1.54, 1.807) is 0 Å². The minimum Gasteiger partial charge on any atom is -0.317 e. The summed E-state index contributed by atoms with van der Waals surface area (Å²) >= 11 is 0. The summed E-state index contributed by atoms with van der Waals surface area (Å²) < 4.78 is 0. The van der Waals surface area contributed by atoms with Crippen molar-refractivity contribution in [1.29, 1.82) is 0 Å². The molecule has 0 saturated heterocycles. The fraction of sp³-hybridized carbons (Fsp3) is 1.00. The van der Waals surface area contributed by atoms with Crippen molar-refractivity contribution in [1.82, 2.24) is 5.32 Å². The van der Waals surface area contributed by atoms with Gasteiger partial charge in [-0.1, -0.05) is 13.8 Å². The monoisotopic (exact) mass is 254 g/mol. The molecule has 0 aliphatic rings. The molecule has 0 fully saturated rings. The fourth-order valence-electron chi connectivity index (χ4n) is 0.250. The first kappa shape index (κ1) is 9.85. The average molecular weight is 254 g/mol. The number of nitrogens with one attached hydrogen (secondary N) is 1. The van der Waals surface area contributed by atoms with E-state index >= 15 is 0 Å². The quantitative estimate of drug-likeness (QED) is 0.761. The third-order valence-corrected chi connectivity index (χ3v) is 0.500. The molecular weight excluding hydrogens is 243 g/mol. The summed E-state index contributed by atoms with van der Waals surface area (Å²) in [5.74, 6) is 0. The van der Waals surface area contributed by atoms with Crippen LogP contribution < -0.4 is 5.32 Å². The molecule has 1 radical (unpaired) electrons. The zero-order valence-corrected chi connectivity index (χ0v) is 7.57. The molecule has 1 nitrogen and oxygen atoms in total. The Kier molecular flexibility index (Phi) is 15.1. The van der Waals surface area contributed by atoms with Crippen molar-refractivity contribution in [2.75, 3.05) is 13.1 Å². The Labute approximate surface area is 55.0 Å². The van der Waals surface area contributed by atoms with Crippen molar-refractivity contribution in [2.24, 2.45) is 0 Å². The van der Waals surface area contributed by atoms with Crippen molar-refractivity contribution in [3.8, 4) is 0 Å². The summed E-state index contributed by atoms with van der Waals surface area (Å²) in [6, 6.07) is 0. The van der Waals surface area contributed by atoms with Crippen LogP contribution in [0.1, 0.15) is 13.8 Å². The van der Waals surface area contributed by atoms with E-state index in [4.69, 9.17) is 0 Å². The maximum Gasteiger partial charge on any atom is 0 e. The maximum atomic E-state index is 3.11. The van der Waals surface area contributed by atoms with Crippen LogP contribution in [0.15, 0.2) is 0 Å². The summed E-state index contributed by atoms with van der Waals surface area (Å²) in [7, 11) is 0. The van der Waals surface area contributed by atoms with Gasteiger partial charge in [0.25, 0.3) is 0 Å². The topological polar surface area (TPSA) is 12.0 Å². The Bertz CT molecular complexity index is 15.0. The fourth-order valence-corrected chi connectivity index (χ4v) is 0.250. The van der Waals surface area contributed by atoms with Crippen LogP contribution in [0.2, 0.25) is 0 Å². The van der Waals surface area contributed by atoms with Crippen molar-refractivity contribution >= 4 is 0 Å². The smallest absolute Gasteiger partial charge is 0 e. The minimum absolute atomic E-state index is 0. The van der Waals surface area contributed by atoms with Crippen molar-refractivity contribution in [3.05, 3.63) is 0 Å².